The summed E-state index contributed by atoms with van der Waals surface area (Å²) in [5.74, 6) is 1.83. The zero-order chi connectivity index (χ0) is 12.4. The lowest BCUT2D eigenvalue weighted by atomic mass is 9.99. The molecule has 1 saturated heterocycles. The van der Waals surface area contributed by atoms with Crippen molar-refractivity contribution in [1.29, 1.82) is 0 Å². The zero-order valence-corrected chi connectivity index (χ0v) is 11.1. The van der Waals surface area contributed by atoms with E-state index in [0.717, 1.165) is 19.6 Å². The highest BCUT2D eigenvalue weighted by atomic mass is 15.3. The Hall–Kier alpha value is -1.03. The van der Waals surface area contributed by atoms with Gasteiger partial charge in [-0.25, -0.2) is 4.98 Å². The molecule has 1 aromatic rings. The number of rotatable bonds is 3. The van der Waals surface area contributed by atoms with Crippen LogP contribution in [0.5, 0.6) is 0 Å². The van der Waals surface area contributed by atoms with E-state index in [1.165, 1.54) is 44.5 Å². The van der Waals surface area contributed by atoms with Crippen molar-refractivity contribution in [2.45, 2.75) is 44.6 Å². The average Bonchev–Trinajstić information content (AvgIpc) is 3.09. The van der Waals surface area contributed by atoms with Crippen LogP contribution in [0.15, 0.2) is 12.4 Å². The monoisotopic (exact) mass is 248 g/mol. The first kappa shape index (κ1) is 12.0. The summed E-state index contributed by atoms with van der Waals surface area (Å²) < 4.78 is 2.41. The molecule has 0 spiro atoms. The first-order chi connectivity index (χ1) is 8.88. The van der Waals surface area contributed by atoms with Crippen LogP contribution in [-0.4, -0.2) is 29.2 Å². The second kappa shape index (κ2) is 5.31. The number of piperidine rings is 1. The fourth-order valence-electron chi connectivity index (χ4n) is 3.46. The van der Waals surface area contributed by atoms with E-state index in [4.69, 9.17) is 5.73 Å². The van der Waals surface area contributed by atoms with Gasteiger partial charge in [0.15, 0.2) is 0 Å². The summed E-state index contributed by atoms with van der Waals surface area (Å²) >= 11 is 0. The summed E-state index contributed by atoms with van der Waals surface area (Å²) in [6.07, 6.45) is 12.0. The van der Waals surface area contributed by atoms with E-state index in [1.54, 1.807) is 0 Å². The van der Waals surface area contributed by atoms with Crippen molar-refractivity contribution >= 4 is 5.95 Å². The third-order valence-electron chi connectivity index (χ3n) is 4.50. The second-order valence-electron chi connectivity index (χ2n) is 5.76. The normalized spacial score (nSPS) is 25.8. The Kier molecular flexibility index (Phi) is 3.55. The number of nitrogens with zero attached hydrogens (tertiary/aromatic N) is 3. The molecule has 3 rings (SSSR count). The predicted octanol–water partition coefficient (Wildman–Crippen LogP) is 2.17. The molecule has 4 nitrogen and oxygen atoms in total. The van der Waals surface area contributed by atoms with E-state index in [2.05, 4.69) is 20.6 Å². The van der Waals surface area contributed by atoms with Gasteiger partial charge >= 0.3 is 0 Å². The lowest BCUT2D eigenvalue weighted by Crippen LogP contribution is -2.40. The van der Waals surface area contributed by atoms with Crippen LogP contribution in [0.3, 0.4) is 0 Å². The molecule has 4 heteroatoms. The van der Waals surface area contributed by atoms with Gasteiger partial charge < -0.3 is 15.2 Å². The summed E-state index contributed by atoms with van der Waals surface area (Å²) in [4.78, 5) is 7.05. The zero-order valence-electron chi connectivity index (χ0n) is 11.1. The number of imidazole rings is 1. The molecule has 1 aliphatic carbocycles. The fourth-order valence-corrected chi connectivity index (χ4v) is 3.46. The minimum Gasteiger partial charge on any atom is -0.342 e. The van der Waals surface area contributed by atoms with Crippen molar-refractivity contribution in [3.05, 3.63) is 12.4 Å². The van der Waals surface area contributed by atoms with Crippen LogP contribution in [0.25, 0.3) is 0 Å². The molecule has 0 aromatic carbocycles. The molecular formula is C14H24N4. The molecule has 1 atom stereocenters. The van der Waals surface area contributed by atoms with Crippen molar-refractivity contribution in [2.24, 2.45) is 11.7 Å². The molecule has 1 aliphatic heterocycles. The number of hydrogen-bond acceptors (Lipinski definition) is 3. The molecule has 0 bridgehead atoms. The van der Waals surface area contributed by atoms with Crippen LogP contribution in [0, 0.1) is 5.92 Å². The van der Waals surface area contributed by atoms with Gasteiger partial charge in [0, 0.05) is 31.5 Å². The van der Waals surface area contributed by atoms with Gasteiger partial charge in [-0.05, 0) is 38.1 Å². The van der Waals surface area contributed by atoms with Gasteiger partial charge in [-0.15, -0.1) is 0 Å². The number of anilines is 1. The Morgan fingerprint density at radius 1 is 1.22 bits per heavy atom. The first-order valence-corrected chi connectivity index (χ1v) is 7.36. The first-order valence-electron chi connectivity index (χ1n) is 7.36. The molecule has 2 N–H and O–H groups in total. The SMILES string of the molecule is NCC1CCCN(c2nccn2C2CCCC2)C1. The number of hydrogen-bond donors (Lipinski definition) is 1. The second-order valence-corrected chi connectivity index (χ2v) is 5.76. The highest BCUT2D eigenvalue weighted by molar-refractivity contribution is 5.33. The predicted molar refractivity (Wildman–Crippen MR) is 73.7 cm³/mol. The van der Waals surface area contributed by atoms with E-state index in [-0.39, 0.29) is 0 Å². The minimum absolute atomic E-state index is 0.646. The fraction of sp³-hybridized carbons (Fsp3) is 0.786. The van der Waals surface area contributed by atoms with Crippen molar-refractivity contribution in [3.8, 4) is 0 Å². The van der Waals surface area contributed by atoms with Gasteiger partial charge in [0.25, 0.3) is 0 Å². The molecule has 1 saturated carbocycles. The molecule has 1 aromatic heterocycles. The van der Waals surface area contributed by atoms with Gasteiger partial charge in [-0.2, -0.15) is 0 Å². The quantitative estimate of drug-likeness (QED) is 0.892. The van der Waals surface area contributed by atoms with Gasteiger partial charge in [0.2, 0.25) is 5.95 Å². The smallest absolute Gasteiger partial charge is 0.205 e. The maximum absolute atomic E-state index is 5.83. The van der Waals surface area contributed by atoms with Crippen molar-refractivity contribution < 1.29 is 0 Å². The Morgan fingerprint density at radius 3 is 2.83 bits per heavy atom. The van der Waals surface area contributed by atoms with Crippen LogP contribution in [0.2, 0.25) is 0 Å². The van der Waals surface area contributed by atoms with Crippen molar-refractivity contribution in [3.63, 3.8) is 0 Å². The summed E-state index contributed by atoms with van der Waals surface area (Å²) in [5.41, 5.74) is 5.83. The highest BCUT2D eigenvalue weighted by Gasteiger charge is 2.25. The molecule has 2 aliphatic rings. The van der Waals surface area contributed by atoms with E-state index in [0.29, 0.717) is 12.0 Å². The Labute approximate surface area is 109 Å². The third kappa shape index (κ3) is 2.26. The van der Waals surface area contributed by atoms with Crippen LogP contribution in [-0.2, 0) is 0 Å². The number of aromatic nitrogens is 2. The summed E-state index contributed by atoms with van der Waals surface area (Å²) in [6.45, 7) is 3.03. The lowest BCUT2D eigenvalue weighted by molar-refractivity contribution is 0.409. The Balaban J connectivity index is 1.77. The van der Waals surface area contributed by atoms with E-state index >= 15 is 0 Å². The van der Waals surface area contributed by atoms with Crippen LogP contribution < -0.4 is 10.6 Å². The maximum Gasteiger partial charge on any atom is 0.205 e. The van der Waals surface area contributed by atoms with Crippen molar-refractivity contribution in [2.75, 3.05) is 24.5 Å². The van der Waals surface area contributed by atoms with Crippen LogP contribution in [0.1, 0.15) is 44.6 Å². The molecular weight excluding hydrogens is 224 g/mol. The Bertz CT molecular complexity index is 381. The maximum atomic E-state index is 5.83. The molecule has 0 radical (unpaired) electrons. The molecule has 2 heterocycles. The summed E-state index contributed by atoms with van der Waals surface area (Å²) in [6, 6.07) is 0.681. The van der Waals surface area contributed by atoms with E-state index in [1.807, 2.05) is 6.20 Å². The van der Waals surface area contributed by atoms with Gasteiger partial charge in [-0.1, -0.05) is 12.8 Å². The van der Waals surface area contributed by atoms with Crippen LogP contribution >= 0.6 is 0 Å². The standard InChI is InChI=1S/C14H24N4/c15-10-12-4-3-8-17(11-12)14-16-7-9-18(14)13-5-1-2-6-13/h7,9,12-13H,1-6,8,10-11,15H2. The molecule has 1 unspecified atom stereocenters. The molecule has 100 valence electrons. The highest BCUT2D eigenvalue weighted by Crippen LogP contribution is 2.33. The number of nitrogens with two attached hydrogens (primary N) is 1. The largest absolute Gasteiger partial charge is 0.342 e. The van der Waals surface area contributed by atoms with Gasteiger partial charge in [-0.3, -0.25) is 0 Å². The van der Waals surface area contributed by atoms with Crippen LogP contribution in [0.4, 0.5) is 5.95 Å². The van der Waals surface area contributed by atoms with Gasteiger partial charge in [0.1, 0.15) is 0 Å². The Morgan fingerprint density at radius 2 is 2.06 bits per heavy atom. The van der Waals surface area contributed by atoms with Gasteiger partial charge in [0.05, 0.1) is 0 Å². The average molecular weight is 248 g/mol. The minimum atomic E-state index is 0.646. The topological polar surface area (TPSA) is 47.1 Å². The molecule has 18 heavy (non-hydrogen) atoms. The lowest BCUT2D eigenvalue weighted by Gasteiger charge is -2.34. The van der Waals surface area contributed by atoms with Crippen molar-refractivity contribution in [1.82, 2.24) is 9.55 Å². The van der Waals surface area contributed by atoms with E-state index in [9.17, 15) is 0 Å². The molecule has 2 fully saturated rings. The summed E-state index contributed by atoms with van der Waals surface area (Å²) in [7, 11) is 0. The third-order valence-corrected chi connectivity index (χ3v) is 4.50. The van der Waals surface area contributed by atoms with E-state index < -0.39 is 0 Å². The molecule has 0 amide bonds. The summed E-state index contributed by atoms with van der Waals surface area (Å²) in [5, 5.41) is 0.